The fourth-order valence-corrected chi connectivity index (χ4v) is 2.75. The van der Waals surface area contributed by atoms with Crippen molar-refractivity contribution in [1.29, 1.82) is 0 Å². The monoisotopic (exact) mass is 344 g/mol. The lowest BCUT2D eigenvalue weighted by atomic mass is 10.0. The summed E-state index contributed by atoms with van der Waals surface area (Å²) in [5.41, 5.74) is 2.46. The summed E-state index contributed by atoms with van der Waals surface area (Å²) in [6.45, 7) is 2.09. The number of aryl methyl sites for hydroxylation is 2. The van der Waals surface area contributed by atoms with E-state index in [2.05, 4.69) is 15.7 Å². The maximum Gasteiger partial charge on any atom is 0.273 e. The summed E-state index contributed by atoms with van der Waals surface area (Å²) in [6, 6.07) is 8.03. The van der Waals surface area contributed by atoms with Crippen molar-refractivity contribution in [3.05, 3.63) is 47.3 Å². The summed E-state index contributed by atoms with van der Waals surface area (Å²) in [5.74, 6) is -0.505. The first kappa shape index (κ1) is 17.1. The van der Waals surface area contributed by atoms with Crippen LogP contribution in [0.25, 0.3) is 0 Å². The Bertz CT molecular complexity index is 784. The van der Waals surface area contributed by atoms with Crippen LogP contribution in [0.1, 0.15) is 27.8 Å². The van der Waals surface area contributed by atoms with Gasteiger partial charge in [0.25, 0.3) is 5.91 Å². The molecule has 1 unspecified atom stereocenters. The highest BCUT2D eigenvalue weighted by Crippen LogP contribution is 2.21. The molecular formula is C17H20N4O4. The number of carbonyl (C=O) groups is 2. The fourth-order valence-electron chi connectivity index (χ4n) is 2.75. The molecule has 1 saturated heterocycles. The van der Waals surface area contributed by atoms with Crippen molar-refractivity contribution in [2.24, 2.45) is 7.05 Å². The summed E-state index contributed by atoms with van der Waals surface area (Å²) >= 11 is 0. The van der Waals surface area contributed by atoms with Gasteiger partial charge in [0, 0.05) is 12.7 Å². The zero-order chi connectivity index (χ0) is 18.0. The Morgan fingerprint density at radius 2 is 2.16 bits per heavy atom. The fraction of sp³-hybridized carbons (Fsp3) is 0.353. The number of hydrogen-bond donors (Lipinski definition) is 3. The second-order valence-corrected chi connectivity index (χ2v) is 6.00. The SMILES string of the molecule is Cc1cc(C(=O)Nc2ccc(C(O)[C@H]3COCC(=O)N3)cc2)n(C)n1. The molecule has 8 nitrogen and oxygen atoms in total. The van der Waals surface area contributed by atoms with Gasteiger partial charge in [0.2, 0.25) is 5.91 Å². The van der Waals surface area contributed by atoms with Crippen LogP contribution in [0.4, 0.5) is 5.69 Å². The van der Waals surface area contributed by atoms with Crippen LogP contribution in [0.5, 0.6) is 0 Å². The number of aromatic nitrogens is 2. The van der Waals surface area contributed by atoms with Crippen LogP contribution in [0, 0.1) is 6.92 Å². The van der Waals surface area contributed by atoms with E-state index in [9.17, 15) is 14.7 Å². The number of ether oxygens (including phenoxy) is 1. The van der Waals surface area contributed by atoms with Crippen LogP contribution in [-0.2, 0) is 16.6 Å². The number of aliphatic hydroxyl groups excluding tert-OH is 1. The smallest absolute Gasteiger partial charge is 0.273 e. The molecule has 2 aromatic rings. The van der Waals surface area contributed by atoms with Gasteiger partial charge in [-0.15, -0.1) is 0 Å². The van der Waals surface area contributed by atoms with E-state index in [4.69, 9.17) is 4.74 Å². The number of amides is 2. The highest BCUT2D eigenvalue weighted by molar-refractivity contribution is 6.03. The van der Waals surface area contributed by atoms with Crippen LogP contribution >= 0.6 is 0 Å². The van der Waals surface area contributed by atoms with Gasteiger partial charge in [0.15, 0.2) is 0 Å². The number of hydrogen-bond acceptors (Lipinski definition) is 5. The topological polar surface area (TPSA) is 105 Å². The van der Waals surface area contributed by atoms with Gasteiger partial charge in [0.05, 0.1) is 18.3 Å². The van der Waals surface area contributed by atoms with Gasteiger partial charge >= 0.3 is 0 Å². The van der Waals surface area contributed by atoms with Crippen molar-refractivity contribution >= 4 is 17.5 Å². The molecule has 1 aromatic carbocycles. The van der Waals surface area contributed by atoms with E-state index in [1.807, 2.05) is 6.92 Å². The number of benzene rings is 1. The third-order valence-electron chi connectivity index (χ3n) is 4.00. The Morgan fingerprint density at radius 3 is 2.76 bits per heavy atom. The lowest BCUT2D eigenvalue weighted by Crippen LogP contribution is -2.48. The molecule has 0 spiro atoms. The molecule has 1 fully saturated rings. The maximum absolute atomic E-state index is 12.3. The third-order valence-corrected chi connectivity index (χ3v) is 4.00. The highest BCUT2D eigenvalue weighted by atomic mass is 16.5. The van der Waals surface area contributed by atoms with Crippen LogP contribution in [0.3, 0.4) is 0 Å². The lowest BCUT2D eigenvalue weighted by molar-refractivity contribution is -0.133. The predicted octanol–water partition coefficient (Wildman–Crippen LogP) is 0.529. The Hall–Kier alpha value is -2.71. The first-order valence-electron chi connectivity index (χ1n) is 7.91. The van der Waals surface area contributed by atoms with E-state index in [-0.39, 0.29) is 25.0 Å². The Kier molecular flexibility index (Phi) is 4.82. The summed E-state index contributed by atoms with van der Waals surface area (Å²) in [4.78, 5) is 23.6. The molecule has 1 aromatic heterocycles. The van der Waals surface area contributed by atoms with Crippen molar-refractivity contribution < 1.29 is 19.4 Å². The van der Waals surface area contributed by atoms with E-state index in [0.717, 1.165) is 5.69 Å². The molecule has 25 heavy (non-hydrogen) atoms. The minimum absolute atomic E-state index is 0.0156. The number of anilines is 1. The average Bonchev–Trinajstić information content (AvgIpc) is 2.93. The maximum atomic E-state index is 12.3. The number of rotatable bonds is 4. The van der Waals surface area contributed by atoms with E-state index in [1.165, 1.54) is 4.68 Å². The van der Waals surface area contributed by atoms with Crippen molar-refractivity contribution in [1.82, 2.24) is 15.1 Å². The molecule has 0 radical (unpaired) electrons. The zero-order valence-corrected chi connectivity index (χ0v) is 14.0. The molecule has 2 heterocycles. The normalized spacial score (nSPS) is 18.5. The minimum Gasteiger partial charge on any atom is -0.386 e. The molecule has 0 saturated carbocycles. The lowest BCUT2D eigenvalue weighted by Gasteiger charge is -2.28. The summed E-state index contributed by atoms with van der Waals surface area (Å²) in [6.07, 6.45) is -0.881. The zero-order valence-electron chi connectivity index (χ0n) is 14.0. The van der Waals surface area contributed by atoms with Gasteiger partial charge in [-0.05, 0) is 30.7 Å². The molecule has 3 N–H and O–H groups in total. The third kappa shape index (κ3) is 3.86. The van der Waals surface area contributed by atoms with Crippen molar-refractivity contribution in [2.75, 3.05) is 18.5 Å². The Labute approximate surface area is 144 Å². The molecule has 3 rings (SSSR count). The van der Waals surface area contributed by atoms with Gasteiger partial charge in [-0.1, -0.05) is 12.1 Å². The van der Waals surface area contributed by atoms with Gasteiger partial charge in [-0.2, -0.15) is 5.10 Å². The van der Waals surface area contributed by atoms with Crippen molar-refractivity contribution in [3.8, 4) is 0 Å². The summed E-state index contributed by atoms with van der Waals surface area (Å²) < 4.78 is 6.66. The molecule has 1 aliphatic heterocycles. The molecule has 8 heteroatoms. The quantitative estimate of drug-likeness (QED) is 0.750. The minimum atomic E-state index is -0.881. The van der Waals surface area contributed by atoms with Gasteiger partial charge in [-0.25, -0.2) is 0 Å². The largest absolute Gasteiger partial charge is 0.386 e. The first-order chi connectivity index (χ1) is 11.9. The van der Waals surface area contributed by atoms with Crippen LogP contribution in [-0.4, -0.2) is 46.0 Å². The molecule has 1 aliphatic rings. The predicted molar refractivity (Wildman–Crippen MR) is 90.0 cm³/mol. The van der Waals surface area contributed by atoms with Crippen molar-refractivity contribution in [3.63, 3.8) is 0 Å². The number of morpholine rings is 1. The number of carbonyl (C=O) groups excluding carboxylic acids is 2. The molecule has 0 bridgehead atoms. The van der Waals surface area contributed by atoms with Gasteiger partial charge in [-0.3, -0.25) is 14.3 Å². The summed E-state index contributed by atoms with van der Waals surface area (Å²) in [5, 5.41) is 20.0. The highest BCUT2D eigenvalue weighted by Gasteiger charge is 2.26. The number of nitrogens with one attached hydrogen (secondary N) is 2. The van der Waals surface area contributed by atoms with E-state index in [0.29, 0.717) is 16.9 Å². The van der Waals surface area contributed by atoms with E-state index < -0.39 is 12.1 Å². The van der Waals surface area contributed by atoms with Crippen molar-refractivity contribution in [2.45, 2.75) is 19.1 Å². The number of nitrogens with zero attached hydrogens (tertiary/aromatic N) is 2. The van der Waals surface area contributed by atoms with Crippen LogP contribution in [0.2, 0.25) is 0 Å². The van der Waals surface area contributed by atoms with Crippen LogP contribution < -0.4 is 10.6 Å². The summed E-state index contributed by atoms with van der Waals surface area (Å²) in [7, 11) is 1.71. The average molecular weight is 344 g/mol. The van der Waals surface area contributed by atoms with E-state index in [1.54, 1.807) is 37.4 Å². The van der Waals surface area contributed by atoms with E-state index >= 15 is 0 Å². The van der Waals surface area contributed by atoms with Gasteiger partial charge in [0.1, 0.15) is 18.4 Å². The van der Waals surface area contributed by atoms with Gasteiger partial charge < -0.3 is 20.5 Å². The first-order valence-corrected chi connectivity index (χ1v) is 7.91. The van der Waals surface area contributed by atoms with Crippen LogP contribution in [0.15, 0.2) is 30.3 Å². The molecule has 0 aliphatic carbocycles. The molecular weight excluding hydrogens is 324 g/mol. The number of aliphatic hydroxyl groups is 1. The Morgan fingerprint density at radius 1 is 1.44 bits per heavy atom. The molecule has 2 atom stereocenters. The standard InChI is InChI=1S/C17H20N4O4/c1-10-7-14(21(2)20-10)17(24)18-12-5-3-11(4-6-12)16(23)13-8-25-9-15(22)19-13/h3-7,13,16,23H,8-9H2,1-2H3,(H,18,24)(H,19,22)/t13-,16?/m1/s1. The molecule has 2 amide bonds. The second kappa shape index (κ2) is 7.04. The second-order valence-electron chi connectivity index (χ2n) is 6.00. The Balaban J connectivity index is 1.66. The molecule has 132 valence electrons.